The van der Waals surface area contributed by atoms with E-state index in [9.17, 15) is 9.50 Å². The van der Waals surface area contributed by atoms with Crippen LogP contribution in [0.5, 0.6) is 11.9 Å². The van der Waals surface area contributed by atoms with E-state index in [1.807, 2.05) is 6.07 Å². The summed E-state index contributed by atoms with van der Waals surface area (Å²) in [5, 5.41) is 18.4. The first-order chi connectivity index (χ1) is 19.0. The van der Waals surface area contributed by atoms with Crippen LogP contribution < -0.4 is 61.2 Å². The fraction of sp³-hybridized carbons (Fsp3) is 0.385. The van der Waals surface area contributed by atoms with Crippen LogP contribution in [0.25, 0.3) is 33.1 Å². The summed E-state index contributed by atoms with van der Waals surface area (Å²) < 4.78 is 33.4. The van der Waals surface area contributed by atoms with Crippen molar-refractivity contribution >= 4 is 61.8 Å². The third-order valence-electron chi connectivity index (χ3n) is 7.50. The van der Waals surface area contributed by atoms with Gasteiger partial charge in [-0.25, -0.2) is 13.8 Å². The van der Waals surface area contributed by atoms with Gasteiger partial charge in [0.1, 0.15) is 17.8 Å². The van der Waals surface area contributed by atoms with Gasteiger partial charge in [-0.05, 0) is 78.9 Å². The number of hydrogen-bond acceptors (Lipinski definition) is 7. The van der Waals surface area contributed by atoms with Crippen LogP contribution in [-0.4, -0.2) is 61.8 Å². The summed E-state index contributed by atoms with van der Waals surface area (Å²) in [4.78, 5) is 15.1. The van der Waals surface area contributed by atoms with Gasteiger partial charge in [-0.3, -0.25) is 14.3 Å². The summed E-state index contributed by atoms with van der Waals surface area (Å²) in [6.45, 7) is 6.31. The number of ether oxygens (including phenoxy) is 1. The Balaban J connectivity index is 0.00000121. The number of hydrogen-bond donors (Lipinski definition) is 0. The van der Waals surface area contributed by atoms with Crippen LogP contribution >= 0.6 is 40.0 Å². The predicted molar refractivity (Wildman–Crippen MR) is 157 cm³/mol. The molecule has 1 aromatic carbocycles. The molecule has 1 unspecified atom stereocenters. The Kier molecular flexibility index (Phi) is 11.2. The zero-order chi connectivity index (χ0) is 27.7. The topological polar surface area (TPSA) is 92.0 Å². The first-order valence-corrected chi connectivity index (χ1v) is 16.9. The number of pyridine rings is 1. The average Bonchev–Trinajstić information content (AvgIpc) is 3.64. The first kappa shape index (κ1) is 32.3. The van der Waals surface area contributed by atoms with Crippen molar-refractivity contribution in [2.45, 2.75) is 37.6 Å². The van der Waals surface area contributed by atoms with E-state index in [4.69, 9.17) is 16.3 Å². The normalized spacial score (nSPS) is 16.2. The maximum absolute atomic E-state index is 16.2. The number of fused-ring (bicyclic) bond motifs is 3. The van der Waals surface area contributed by atoms with E-state index in [2.05, 4.69) is 53.6 Å². The van der Waals surface area contributed by atoms with Gasteiger partial charge in [0.05, 0.1) is 30.8 Å². The molecule has 2 fully saturated rings. The largest absolute Gasteiger partial charge is 1.00 e. The van der Waals surface area contributed by atoms with Gasteiger partial charge in [-0.2, -0.15) is 10.1 Å². The molecule has 0 spiro atoms. The second kappa shape index (κ2) is 13.8. The fourth-order valence-corrected chi connectivity index (χ4v) is 7.58. The molecule has 1 atom stereocenters. The smallest absolute Gasteiger partial charge is 0.858 e. The van der Waals surface area contributed by atoms with Crippen molar-refractivity contribution in [3.8, 4) is 23.1 Å². The van der Waals surface area contributed by atoms with Crippen LogP contribution in [0.3, 0.4) is 0 Å². The molecule has 5 heterocycles. The Morgan fingerprint density at radius 3 is 2.62 bits per heavy atom. The molecule has 0 aliphatic carbocycles. The molecule has 0 radical (unpaired) electrons. The Hall–Kier alpha value is -0.574. The van der Waals surface area contributed by atoms with Crippen LogP contribution in [-0.2, 0) is 6.42 Å². The van der Waals surface area contributed by atoms with Crippen molar-refractivity contribution < 1.29 is 70.0 Å². The molecule has 2 saturated heterocycles. The summed E-state index contributed by atoms with van der Waals surface area (Å²) >= 11 is 8.88. The molecular formula is C26H26ClF2IKN6O2P. The van der Waals surface area contributed by atoms with Gasteiger partial charge in [0.2, 0.25) is 0 Å². The first-order valence-electron chi connectivity index (χ1n) is 12.4. The molecule has 14 heteroatoms. The van der Waals surface area contributed by atoms with Crippen molar-refractivity contribution in [2.75, 3.05) is 26.9 Å². The number of allylic oxidation sites excluding steroid dienone is 1. The molecular weight excluding hydrogens is 699 g/mol. The predicted octanol–water partition coefficient (Wildman–Crippen LogP) is 3.02. The molecule has 6 rings (SSSR count). The van der Waals surface area contributed by atoms with Crippen molar-refractivity contribution in [3.63, 3.8) is 0 Å². The Bertz CT molecular complexity index is 1550. The summed E-state index contributed by atoms with van der Waals surface area (Å²) in [5.74, 6) is -1.34. The SMILES string of the molecule is C=CCc1c(Cl)cc2c(cnn2PI)c1-c1ncc2c([O-])nc(OCC34CCCN3CCC4)nc2c1F.CF.[K+]. The van der Waals surface area contributed by atoms with Crippen molar-refractivity contribution in [1.29, 1.82) is 0 Å². The molecule has 0 bridgehead atoms. The number of rotatable bonds is 7. The van der Waals surface area contributed by atoms with Gasteiger partial charge in [-0.15, -0.1) is 6.58 Å². The number of nitrogens with zero attached hydrogens (tertiary/aromatic N) is 6. The van der Waals surface area contributed by atoms with Crippen molar-refractivity contribution in [1.82, 2.24) is 29.4 Å². The summed E-state index contributed by atoms with van der Waals surface area (Å²) in [6.07, 6.45) is 9.77. The molecule has 4 aromatic rings. The van der Waals surface area contributed by atoms with Crippen LogP contribution in [0.1, 0.15) is 31.2 Å². The monoisotopic (exact) mass is 724 g/mol. The number of alkyl halides is 1. The van der Waals surface area contributed by atoms with Crippen molar-refractivity contribution in [2.24, 2.45) is 0 Å². The van der Waals surface area contributed by atoms with Crippen LogP contribution in [0, 0.1) is 5.82 Å². The number of aromatic nitrogens is 5. The zero-order valence-corrected chi connectivity index (χ0v) is 29.2. The number of benzene rings is 1. The van der Waals surface area contributed by atoms with E-state index < -0.39 is 11.7 Å². The van der Waals surface area contributed by atoms with Crippen LogP contribution in [0.2, 0.25) is 5.02 Å². The van der Waals surface area contributed by atoms with Gasteiger partial charge in [0.25, 0.3) is 0 Å². The van der Waals surface area contributed by atoms with E-state index in [0.717, 1.165) is 44.3 Å². The zero-order valence-electron chi connectivity index (χ0n) is 22.2. The molecule has 2 aliphatic heterocycles. The molecule has 8 nitrogen and oxygen atoms in total. The van der Waals surface area contributed by atoms with Gasteiger partial charge >= 0.3 is 57.4 Å². The Morgan fingerprint density at radius 1 is 1.23 bits per heavy atom. The van der Waals surface area contributed by atoms with Gasteiger partial charge in [-0.1, -0.05) is 17.7 Å². The Morgan fingerprint density at radius 2 is 1.95 bits per heavy atom. The second-order valence-corrected chi connectivity index (χ2v) is 11.9. The Labute approximate surface area is 293 Å². The maximum Gasteiger partial charge on any atom is 1.00 e. The van der Waals surface area contributed by atoms with Gasteiger partial charge in [0.15, 0.2) is 5.82 Å². The minimum Gasteiger partial charge on any atom is -0.858 e. The van der Waals surface area contributed by atoms with E-state index in [0.29, 0.717) is 48.1 Å². The van der Waals surface area contributed by atoms with E-state index in [1.54, 1.807) is 16.7 Å². The standard InChI is InChI=1S/C25H24ClFIN6O2P.CH3F.K/c1-2-5-14-17(26)10-18-15(12-30-34(18)37-28)19(14)22-20(27)21-16(11-29-22)23(35)32-24(31-21)36-13-25-6-3-8-33(25)9-4-7-25;1-2;/h2,10-12,37H,1,3-9,13H2,(H,31,32,35);1H3;/q;;+1/p-1. The van der Waals surface area contributed by atoms with E-state index in [1.165, 1.54) is 6.20 Å². The van der Waals surface area contributed by atoms with Gasteiger partial charge < -0.3 is 9.84 Å². The quantitative estimate of drug-likeness (QED) is 0.125. The average molecular weight is 725 g/mol. The molecule has 0 saturated carbocycles. The minimum absolute atomic E-state index is 0. The molecule has 40 heavy (non-hydrogen) atoms. The van der Waals surface area contributed by atoms with E-state index in [-0.39, 0.29) is 79.5 Å². The molecule has 206 valence electrons. The molecule has 2 aliphatic rings. The van der Waals surface area contributed by atoms with Crippen LogP contribution in [0.4, 0.5) is 8.78 Å². The van der Waals surface area contributed by atoms with Crippen LogP contribution in [0.15, 0.2) is 31.1 Å². The summed E-state index contributed by atoms with van der Waals surface area (Å²) in [6, 6.07) is 1.72. The number of halogens is 4. The third-order valence-corrected chi connectivity index (χ3v) is 9.73. The van der Waals surface area contributed by atoms with Gasteiger partial charge in [0, 0.05) is 33.4 Å². The summed E-state index contributed by atoms with van der Waals surface area (Å²) in [7, 11) is 0.500. The second-order valence-electron chi connectivity index (χ2n) is 9.48. The molecule has 3 aromatic heterocycles. The third kappa shape index (κ3) is 5.81. The molecule has 0 N–H and O–H groups in total. The van der Waals surface area contributed by atoms with E-state index >= 15 is 4.39 Å². The molecule has 0 amide bonds. The maximum atomic E-state index is 16.2. The minimum atomic E-state index is -0.720. The fourth-order valence-electron chi connectivity index (χ4n) is 5.77. The summed E-state index contributed by atoms with van der Waals surface area (Å²) in [5.41, 5.74) is 1.86. The van der Waals surface area contributed by atoms with Crippen molar-refractivity contribution in [3.05, 3.63) is 47.5 Å².